The smallest absolute Gasteiger partial charge is 0.319 e. The molecule has 2 amide bonds. The molecule has 0 radical (unpaired) electrons. The number of ether oxygens (including phenoxy) is 1. The van der Waals surface area contributed by atoms with E-state index >= 15 is 0 Å². The van der Waals surface area contributed by atoms with E-state index in [1.165, 1.54) is 0 Å². The largest absolute Gasteiger partial charge is 0.481 e. The summed E-state index contributed by atoms with van der Waals surface area (Å²) in [6.07, 6.45) is 8.26. The number of aliphatic hydroxyl groups is 1. The highest BCUT2D eigenvalue weighted by atomic mass is 16.5. The second kappa shape index (κ2) is 7.55. The van der Waals surface area contributed by atoms with Gasteiger partial charge in [0.25, 0.3) is 0 Å². The van der Waals surface area contributed by atoms with Gasteiger partial charge >= 0.3 is 6.03 Å². The summed E-state index contributed by atoms with van der Waals surface area (Å²) in [6.45, 7) is 0.215. The van der Waals surface area contributed by atoms with E-state index in [0.717, 1.165) is 25.7 Å². The highest BCUT2D eigenvalue weighted by Gasteiger charge is 2.24. The summed E-state index contributed by atoms with van der Waals surface area (Å²) in [6, 6.07) is 6.48. The van der Waals surface area contributed by atoms with Crippen molar-refractivity contribution in [2.75, 3.05) is 11.9 Å². The molecule has 0 aliphatic heterocycles. The van der Waals surface area contributed by atoms with Gasteiger partial charge in [0, 0.05) is 5.69 Å². The van der Waals surface area contributed by atoms with Gasteiger partial charge in [0.05, 0.1) is 12.1 Å². The second-order valence-electron chi connectivity index (χ2n) is 5.07. The van der Waals surface area contributed by atoms with Crippen LogP contribution in [0.3, 0.4) is 0 Å². The van der Waals surface area contributed by atoms with Gasteiger partial charge in [-0.25, -0.2) is 4.79 Å². The lowest BCUT2D eigenvalue weighted by Crippen LogP contribution is -2.46. The summed E-state index contributed by atoms with van der Waals surface area (Å²) in [5, 5.41) is 15.4. The molecule has 0 heterocycles. The van der Waals surface area contributed by atoms with Crippen molar-refractivity contribution in [1.29, 1.82) is 0 Å². The molecule has 1 aromatic rings. The van der Waals surface area contributed by atoms with Crippen LogP contribution in [0.4, 0.5) is 10.5 Å². The Hall–Kier alpha value is -2.19. The Balaban J connectivity index is 1.83. The lowest BCUT2D eigenvalue weighted by atomic mass is 9.93. The van der Waals surface area contributed by atoms with Crippen LogP contribution in [0.25, 0.3) is 0 Å². The van der Waals surface area contributed by atoms with E-state index in [4.69, 9.17) is 11.2 Å². The standard InChI is InChI=1S/C16H20N2O3/c1-2-11-21-13-9-7-12(8-10-13)17-16(20)18-14-5-3-4-6-15(14)19/h1,7-10,14-15,19H,3-6,11H2,(H2,17,18,20). The van der Waals surface area contributed by atoms with Crippen molar-refractivity contribution in [3.05, 3.63) is 24.3 Å². The number of urea groups is 1. The summed E-state index contributed by atoms with van der Waals surface area (Å²) >= 11 is 0. The first-order chi connectivity index (χ1) is 10.2. The molecule has 2 atom stereocenters. The maximum atomic E-state index is 11.9. The third-order valence-corrected chi connectivity index (χ3v) is 3.48. The van der Waals surface area contributed by atoms with E-state index in [-0.39, 0.29) is 18.7 Å². The van der Waals surface area contributed by atoms with Gasteiger partial charge in [-0.1, -0.05) is 18.8 Å². The molecule has 5 heteroatoms. The van der Waals surface area contributed by atoms with E-state index < -0.39 is 6.10 Å². The van der Waals surface area contributed by atoms with E-state index in [2.05, 4.69) is 16.6 Å². The monoisotopic (exact) mass is 288 g/mol. The van der Waals surface area contributed by atoms with E-state index in [9.17, 15) is 9.90 Å². The molecule has 5 nitrogen and oxygen atoms in total. The fourth-order valence-corrected chi connectivity index (χ4v) is 2.37. The maximum absolute atomic E-state index is 11.9. The van der Waals surface area contributed by atoms with Gasteiger partial charge in [-0.3, -0.25) is 0 Å². The molecule has 2 unspecified atom stereocenters. The molecule has 3 N–H and O–H groups in total. The number of aliphatic hydroxyl groups excluding tert-OH is 1. The van der Waals surface area contributed by atoms with E-state index in [1.807, 2.05) is 0 Å². The summed E-state index contributed by atoms with van der Waals surface area (Å²) < 4.78 is 5.25. The van der Waals surface area contributed by atoms with Gasteiger partial charge in [0.2, 0.25) is 0 Å². The van der Waals surface area contributed by atoms with Gasteiger partial charge in [-0.15, -0.1) is 6.42 Å². The molecule has 2 rings (SSSR count). The van der Waals surface area contributed by atoms with Crippen LogP contribution >= 0.6 is 0 Å². The summed E-state index contributed by atoms with van der Waals surface area (Å²) in [5.74, 6) is 3.04. The Kier molecular flexibility index (Phi) is 5.47. The number of nitrogens with one attached hydrogen (secondary N) is 2. The fraction of sp³-hybridized carbons (Fsp3) is 0.438. The Morgan fingerprint density at radius 1 is 1.33 bits per heavy atom. The number of carbonyl (C=O) groups is 1. The third kappa shape index (κ3) is 4.69. The van der Waals surface area contributed by atoms with Crippen molar-refractivity contribution in [3.63, 3.8) is 0 Å². The van der Waals surface area contributed by atoms with E-state index in [1.54, 1.807) is 24.3 Å². The first-order valence-corrected chi connectivity index (χ1v) is 7.11. The minimum atomic E-state index is -0.455. The molecule has 0 saturated heterocycles. The number of amides is 2. The number of terminal acetylenes is 1. The topological polar surface area (TPSA) is 70.6 Å². The number of hydrogen-bond acceptors (Lipinski definition) is 3. The normalized spacial score (nSPS) is 21.1. The minimum Gasteiger partial charge on any atom is -0.481 e. The van der Waals surface area contributed by atoms with Crippen LogP contribution in [0.2, 0.25) is 0 Å². The molecule has 112 valence electrons. The molecule has 1 saturated carbocycles. The van der Waals surface area contributed by atoms with Gasteiger partial charge in [0.15, 0.2) is 0 Å². The maximum Gasteiger partial charge on any atom is 0.319 e. The first-order valence-electron chi connectivity index (χ1n) is 7.11. The summed E-state index contributed by atoms with van der Waals surface area (Å²) in [4.78, 5) is 11.9. The fourth-order valence-electron chi connectivity index (χ4n) is 2.37. The SMILES string of the molecule is C#CCOc1ccc(NC(=O)NC2CCCCC2O)cc1. The molecular weight excluding hydrogens is 268 g/mol. The average Bonchev–Trinajstić information content (AvgIpc) is 2.49. The predicted octanol–water partition coefficient (Wildman–Crippen LogP) is 2.12. The van der Waals surface area contributed by atoms with Gasteiger partial charge in [-0.05, 0) is 37.1 Å². The van der Waals surface area contributed by atoms with E-state index in [0.29, 0.717) is 11.4 Å². The Bertz CT molecular complexity index is 507. The zero-order valence-electron chi connectivity index (χ0n) is 11.8. The van der Waals surface area contributed by atoms with Crippen LogP contribution in [0.1, 0.15) is 25.7 Å². The summed E-state index contributed by atoms with van der Waals surface area (Å²) in [5.41, 5.74) is 0.658. The van der Waals surface area contributed by atoms with Crippen LogP contribution in [0.5, 0.6) is 5.75 Å². The molecule has 1 aromatic carbocycles. The van der Waals surface area contributed by atoms with Crippen LogP contribution in [0, 0.1) is 12.3 Å². The van der Waals surface area contributed by atoms with Gasteiger partial charge < -0.3 is 20.5 Å². The van der Waals surface area contributed by atoms with Crippen molar-refractivity contribution < 1.29 is 14.6 Å². The highest BCUT2D eigenvalue weighted by Crippen LogP contribution is 2.19. The van der Waals surface area contributed by atoms with Crippen molar-refractivity contribution >= 4 is 11.7 Å². The van der Waals surface area contributed by atoms with Crippen molar-refractivity contribution in [3.8, 4) is 18.1 Å². The number of rotatable bonds is 4. The number of hydrogen-bond donors (Lipinski definition) is 3. The first kappa shape index (κ1) is 15.2. The van der Waals surface area contributed by atoms with Crippen LogP contribution < -0.4 is 15.4 Å². The lowest BCUT2D eigenvalue weighted by molar-refractivity contribution is 0.0955. The zero-order chi connectivity index (χ0) is 15.1. The quantitative estimate of drug-likeness (QED) is 0.743. The average molecular weight is 288 g/mol. The van der Waals surface area contributed by atoms with Crippen LogP contribution in [-0.4, -0.2) is 29.9 Å². The Morgan fingerprint density at radius 3 is 2.71 bits per heavy atom. The zero-order valence-corrected chi connectivity index (χ0v) is 11.8. The van der Waals surface area contributed by atoms with Crippen molar-refractivity contribution in [2.45, 2.75) is 37.8 Å². The third-order valence-electron chi connectivity index (χ3n) is 3.48. The number of anilines is 1. The highest BCUT2D eigenvalue weighted by molar-refractivity contribution is 5.89. The minimum absolute atomic E-state index is 0.169. The molecule has 0 spiro atoms. The number of benzene rings is 1. The van der Waals surface area contributed by atoms with Gasteiger partial charge in [0.1, 0.15) is 12.4 Å². The second-order valence-corrected chi connectivity index (χ2v) is 5.07. The number of carbonyl (C=O) groups excluding carboxylic acids is 1. The molecule has 0 aromatic heterocycles. The van der Waals surface area contributed by atoms with Gasteiger partial charge in [-0.2, -0.15) is 0 Å². The lowest BCUT2D eigenvalue weighted by Gasteiger charge is -2.28. The predicted molar refractivity (Wildman–Crippen MR) is 81.2 cm³/mol. The molecule has 1 aliphatic rings. The summed E-state index contributed by atoms with van der Waals surface area (Å²) in [7, 11) is 0. The molecule has 21 heavy (non-hydrogen) atoms. The van der Waals surface area contributed by atoms with Crippen LogP contribution in [-0.2, 0) is 0 Å². The molecular formula is C16H20N2O3. The Labute approximate surface area is 124 Å². The van der Waals surface area contributed by atoms with Crippen molar-refractivity contribution in [2.24, 2.45) is 0 Å². The molecule has 1 fully saturated rings. The molecule has 1 aliphatic carbocycles. The Morgan fingerprint density at radius 2 is 2.05 bits per heavy atom. The molecule has 0 bridgehead atoms. The van der Waals surface area contributed by atoms with Crippen molar-refractivity contribution in [1.82, 2.24) is 5.32 Å². The van der Waals surface area contributed by atoms with Crippen LogP contribution in [0.15, 0.2) is 24.3 Å².